The number of morpholine rings is 1. The van der Waals surface area contributed by atoms with Crippen LogP contribution in [0.25, 0.3) is 0 Å². The van der Waals surface area contributed by atoms with Crippen LogP contribution in [0.1, 0.15) is 19.4 Å². The predicted molar refractivity (Wildman–Crippen MR) is 90.9 cm³/mol. The molecule has 1 aliphatic rings. The second-order valence-electron chi connectivity index (χ2n) is 6.24. The number of benzene rings is 1. The third-order valence-corrected chi connectivity index (χ3v) is 4.68. The number of ether oxygens (including phenoxy) is 1. The highest BCUT2D eigenvalue weighted by Crippen LogP contribution is 2.25. The van der Waals surface area contributed by atoms with E-state index in [4.69, 9.17) is 4.74 Å². The van der Waals surface area contributed by atoms with Gasteiger partial charge in [0.25, 0.3) is 0 Å². The summed E-state index contributed by atoms with van der Waals surface area (Å²) in [6.45, 7) is 8.05. The smallest absolute Gasteiger partial charge is 0.239 e. The molecule has 0 saturated carbocycles. The van der Waals surface area contributed by atoms with Crippen LogP contribution in [0.4, 0.5) is 15.5 Å². The zero-order chi connectivity index (χ0) is 16.3. The van der Waals surface area contributed by atoms with Gasteiger partial charge in [0.15, 0.2) is 0 Å². The molecule has 0 unspecified atom stereocenters. The van der Waals surface area contributed by atoms with Gasteiger partial charge in [0.2, 0.25) is 11.1 Å². The molecule has 1 aromatic heterocycles. The molecule has 3 rings (SSSR count). The number of hydrogen-bond donors (Lipinski definition) is 1. The Kier molecular flexibility index (Phi) is 4.77. The van der Waals surface area contributed by atoms with Crippen molar-refractivity contribution in [2.75, 3.05) is 43.1 Å². The molecule has 0 amide bonds. The van der Waals surface area contributed by atoms with E-state index in [2.05, 4.69) is 33.4 Å². The molecule has 1 saturated heterocycles. The van der Waals surface area contributed by atoms with Crippen molar-refractivity contribution < 1.29 is 9.13 Å². The Hall–Kier alpha value is -1.73. The molecular formula is C16H21FN4OS. The summed E-state index contributed by atoms with van der Waals surface area (Å²) in [6, 6.07) is 6.66. The van der Waals surface area contributed by atoms with Crippen molar-refractivity contribution in [1.82, 2.24) is 9.36 Å². The molecule has 0 atom stereocenters. The normalized spacial score (nSPS) is 15.7. The molecule has 1 aliphatic heterocycles. The number of nitrogens with zero attached hydrogens (tertiary/aromatic N) is 3. The molecule has 7 heteroatoms. The molecule has 0 spiro atoms. The van der Waals surface area contributed by atoms with E-state index in [0.717, 1.165) is 42.9 Å². The van der Waals surface area contributed by atoms with Crippen LogP contribution in [0, 0.1) is 5.82 Å². The van der Waals surface area contributed by atoms with Crippen LogP contribution in [0.5, 0.6) is 0 Å². The Morgan fingerprint density at radius 2 is 1.96 bits per heavy atom. The third-order valence-electron chi connectivity index (χ3n) is 4.02. The van der Waals surface area contributed by atoms with E-state index in [9.17, 15) is 4.39 Å². The Morgan fingerprint density at radius 1 is 1.26 bits per heavy atom. The van der Waals surface area contributed by atoms with Crippen LogP contribution in [-0.2, 0) is 10.2 Å². The first-order valence-corrected chi connectivity index (χ1v) is 8.48. The van der Waals surface area contributed by atoms with E-state index in [1.54, 1.807) is 0 Å². The number of hydrogen-bond acceptors (Lipinski definition) is 6. The number of halogens is 1. The van der Waals surface area contributed by atoms with Gasteiger partial charge in [-0.2, -0.15) is 9.36 Å². The SMILES string of the molecule is CC(C)(CNc1nc(N2CCOCC2)ns1)c1ccc(F)cc1. The molecule has 1 fully saturated rings. The quantitative estimate of drug-likeness (QED) is 0.910. The Morgan fingerprint density at radius 3 is 2.65 bits per heavy atom. The topological polar surface area (TPSA) is 50.3 Å². The Bertz CT molecular complexity index is 638. The lowest BCUT2D eigenvalue weighted by molar-refractivity contribution is 0.122. The first-order valence-electron chi connectivity index (χ1n) is 7.71. The lowest BCUT2D eigenvalue weighted by Crippen LogP contribution is -2.36. The summed E-state index contributed by atoms with van der Waals surface area (Å²) in [4.78, 5) is 6.69. The molecule has 1 aromatic carbocycles. The third kappa shape index (κ3) is 3.97. The van der Waals surface area contributed by atoms with E-state index >= 15 is 0 Å². The number of aromatic nitrogens is 2. The molecule has 5 nitrogen and oxygen atoms in total. The fourth-order valence-corrected chi connectivity index (χ4v) is 3.06. The van der Waals surface area contributed by atoms with E-state index < -0.39 is 0 Å². The van der Waals surface area contributed by atoms with Crippen molar-refractivity contribution in [3.63, 3.8) is 0 Å². The van der Waals surface area contributed by atoms with Crippen molar-refractivity contribution in [2.45, 2.75) is 19.3 Å². The average Bonchev–Trinajstić information content (AvgIpc) is 3.03. The van der Waals surface area contributed by atoms with Crippen molar-refractivity contribution >= 4 is 22.6 Å². The number of rotatable bonds is 5. The largest absolute Gasteiger partial charge is 0.378 e. The van der Waals surface area contributed by atoms with Gasteiger partial charge in [-0.15, -0.1) is 0 Å². The van der Waals surface area contributed by atoms with Crippen LogP contribution in [0.2, 0.25) is 0 Å². The van der Waals surface area contributed by atoms with Gasteiger partial charge in [-0.25, -0.2) is 4.39 Å². The second-order valence-corrected chi connectivity index (χ2v) is 7.00. The zero-order valence-electron chi connectivity index (χ0n) is 13.4. The van der Waals surface area contributed by atoms with Crippen LogP contribution in [0.15, 0.2) is 24.3 Å². The first-order chi connectivity index (χ1) is 11.0. The minimum Gasteiger partial charge on any atom is -0.378 e. The van der Waals surface area contributed by atoms with Crippen molar-refractivity contribution in [3.8, 4) is 0 Å². The summed E-state index contributed by atoms with van der Waals surface area (Å²) in [7, 11) is 0. The maximum Gasteiger partial charge on any atom is 0.239 e. The summed E-state index contributed by atoms with van der Waals surface area (Å²) in [6.07, 6.45) is 0. The minimum atomic E-state index is -0.211. The van der Waals surface area contributed by atoms with Crippen LogP contribution in [-0.4, -0.2) is 42.2 Å². The molecule has 0 bridgehead atoms. The molecule has 0 radical (unpaired) electrons. The molecular weight excluding hydrogens is 315 g/mol. The van der Waals surface area contributed by atoms with Gasteiger partial charge in [0, 0.05) is 36.6 Å². The van der Waals surface area contributed by atoms with Gasteiger partial charge in [-0.3, -0.25) is 0 Å². The number of nitrogens with one attached hydrogen (secondary N) is 1. The van der Waals surface area contributed by atoms with E-state index in [0.29, 0.717) is 6.54 Å². The van der Waals surface area contributed by atoms with Crippen LogP contribution < -0.4 is 10.2 Å². The van der Waals surface area contributed by atoms with E-state index in [1.165, 1.54) is 23.7 Å². The molecule has 2 heterocycles. The predicted octanol–water partition coefficient (Wildman–Crippen LogP) is 2.90. The van der Waals surface area contributed by atoms with Crippen LogP contribution >= 0.6 is 11.5 Å². The average molecular weight is 336 g/mol. The highest BCUT2D eigenvalue weighted by Gasteiger charge is 2.22. The molecule has 0 aliphatic carbocycles. The Labute approximate surface area is 139 Å². The van der Waals surface area contributed by atoms with Crippen molar-refractivity contribution in [2.24, 2.45) is 0 Å². The molecule has 124 valence electrons. The highest BCUT2D eigenvalue weighted by atomic mass is 32.1. The summed E-state index contributed by atoms with van der Waals surface area (Å²) in [5.41, 5.74) is 0.961. The highest BCUT2D eigenvalue weighted by molar-refractivity contribution is 7.09. The lowest BCUT2D eigenvalue weighted by atomic mass is 9.85. The van der Waals surface area contributed by atoms with Crippen molar-refractivity contribution in [1.29, 1.82) is 0 Å². The van der Waals surface area contributed by atoms with E-state index in [1.807, 2.05) is 12.1 Å². The Balaban J connectivity index is 1.61. The van der Waals surface area contributed by atoms with Gasteiger partial charge < -0.3 is 15.0 Å². The molecule has 2 aromatic rings. The lowest BCUT2D eigenvalue weighted by Gasteiger charge is -2.26. The maximum absolute atomic E-state index is 13.1. The zero-order valence-corrected chi connectivity index (χ0v) is 14.2. The van der Waals surface area contributed by atoms with Gasteiger partial charge in [-0.05, 0) is 17.7 Å². The van der Waals surface area contributed by atoms with Gasteiger partial charge in [0.05, 0.1) is 13.2 Å². The second kappa shape index (κ2) is 6.80. The monoisotopic (exact) mass is 336 g/mol. The van der Waals surface area contributed by atoms with Gasteiger partial charge in [0.1, 0.15) is 5.82 Å². The fraction of sp³-hybridized carbons (Fsp3) is 0.500. The number of anilines is 2. The van der Waals surface area contributed by atoms with Gasteiger partial charge in [-0.1, -0.05) is 26.0 Å². The summed E-state index contributed by atoms with van der Waals surface area (Å²) in [5, 5.41) is 4.16. The van der Waals surface area contributed by atoms with Gasteiger partial charge >= 0.3 is 0 Å². The maximum atomic E-state index is 13.1. The molecule has 1 N–H and O–H groups in total. The summed E-state index contributed by atoms with van der Waals surface area (Å²) in [5.74, 6) is 0.553. The van der Waals surface area contributed by atoms with Crippen molar-refractivity contribution in [3.05, 3.63) is 35.6 Å². The first kappa shape index (κ1) is 16.1. The summed E-state index contributed by atoms with van der Waals surface area (Å²) < 4.78 is 22.8. The van der Waals surface area contributed by atoms with Crippen LogP contribution in [0.3, 0.4) is 0 Å². The van der Waals surface area contributed by atoms with E-state index in [-0.39, 0.29) is 11.2 Å². The summed E-state index contributed by atoms with van der Waals surface area (Å²) >= 11 is 1.37. The minimum absolute atomic E-state index is 0.126. The molecule has 23 heavy (non-hydrogen) atoms. The fourth-order valence-electron chi connectivity index (χ4n) is 2.48. The standard InChI is InChI=1S/C16H21FN4OS/c1-16(2,12-3-5-13(17)6-4-12)11-18-15-19-14(20-23-15)21-7-9-22-10-8-21/h3-6H,7-11H2,1-2H3,(H,18,19,20).